The van der Waals surface area contributed by atoms with Gasteiger partial charge in [-0.1, -0.05) is 0 Å². The highest BCUT2D eigenvalue weighted by Gasteiger charge is 2.51. The molecule has 0 atom stereocenters. The van der Waals surface area contributed by atoms with Crippen molar-refractivity contribution in [1.82, 2.24) is 10.2 Å². The molecule has 0 bridgehead atoms. The highest BCUT2D eigenvalue weighted by Crippen LogP contribution is 2.41. The molecule has 0 aromatic carbocycles. The summed E-state index contributed by atoms with van der Waals surface area (Å²) in [7, 11) is 1.89. The van der Waals surface area contributed by atoms with E-state index in [2.05, 4.69) is 5.32 Å². The van der Waals surface area contributed by atoms with Gasteiger partial charge in [-0.3, -0.25) is 4.79 Å². The third kappa shape index (κ3) is 1.77. The number of rotatable bonds is 0. The number of likely N-dealkylation sites (N-methyl/N-ethyl adjacent to an activating group) is 1. The van der Waals surface area contributed by atoms with Crippen molar-refractivity contribution >= 4 is 5.91 Å². The predicted molar refractivity (Wildman–Crippen MR) is 61.5 cm³/mol. The first-order chi connectivity index (χ1) is 8.16. The fraction of sp³-hybridized carbons (Fsp3) is 0.917. The molecule has 3 aliphatic rings. The molecule has 2 heterocycles. The van der Waals surface area contributed by atoms with E-state index in [-0.39, 0.29) is 17.2 Å². The molecule has 1 saturated carbocycles. The summed E-state index contributed by atoms with van der Waals surface area (Å²) in [6, 6.07) is 0. The van der Waals surface area contributed by atoms with Crippen molar-refractivity contribution in [2.75, 3.05) is 33.4 Å². The van der Waals surface area contributed by atoms with Crippen LogP contribution < -0.4 is 5.32 Å². The van der Waals surface area contributed by atoms with E-state index in [0.717, 1.165) is 38.8 Å². The van der Waals surface area contributed by atoms with Gasteiger partial charge in [-0.15, -0.1) is 0 Å². The molecule has 1 aliphatic carbocycles. The number of carbonyl (C=O) groups is 1. The fourth-order valence-electron chi connectivity index (χ4n) is 3.24. The van der Waals surface area contributed by atoms with E-state index >= 15 is 0 Å². The summed E-state index contributed by atoms with van der Waals surface area (Å²) in [5, 5.41) is 3.42. The van der Waals surface area contributed by atoms with Gasteiger partial charge < -0.3 is 19.7 Å². The number of hydrogen-bond acceptors (Lipinski definition) is 4. The lowest BCUT2D eigenvalue weighted by atomic mass is 9.76. The van der Waals surface area contributed by atoms with Gasteiger partial charge in [0.25, 0.3) is 0 Å². The summed E-state index contributed by atoms with van der Waals surface area (Å²) in [5.41, 5.74) is -0.354. The maximum Gasteiger partial charge on any atom is 0.242 e. The molecule has 0 radical (unpaired) electrons. The van der Waals surface area contributed by atoms with Crippen LogP contribution >= 0.6 is 0 Å². The summed E-state index contributed by atoms with van der Waals surface area (Å²) in [6.07, 6.45) is 3.27. The Morgan fingerprint density at radius 3 is 2.47 bits per heavy atom. The number of carbonyl (C=O) groups excluding carboxylic acids is 1. The molecule has 17 heavy (non-hydrogen) atoms. The number of nitrogens with one attached hydrogen (secondary N) is 1. The Balaban J connectivity index is 1.72. The first kappa shape index (κ1) is 11.4. The average Bonchev–Trinajstić information content (AvgIpc) is 2.79. The molecule has 0 aromatic heterocycles. The molecule has 96 valence electrons. The number of hydrogen-bond donors (Lipinski definition) is 1. The molecular weight excluding hydrogens is 220 g/mol. The van der Waals surface area contributed by atoms with Crippen LogP contribution in [0.5, 0.6) is 0 Å². The largest absolute Gasteiger partial charge is 0.348 e. The standard InChI is InChI=1S/C12H20N2O3/c1-14-7-6-13-11(10(14)15)2-4-12(5-3-11)16-8-9-17-12/h13H,2-9H2,1H3. The molecule has 3 rings (SSSR count). The van der Waals surface area contributed by atoms with Crippen LogP contribution in [0.1, 0.15) is 25.7 Å². The van der Waals surface area contributed by atoms with Gasteiger partial charge in [-0.05, 0) is 12.8 Å². The van der Waals surface area contributed by atoms with E-state index in [4.69, 9.17) is 9.47 Å². The van der Waals surface area contributed by atoms with Crippen LogP contribution in [0, 0.1) is 0 Å². The van der Waals surface area contributed by atoms with Crippen molar-refractivity contribution in [1.29, 1.82) is 0 Å². The summed E-state index contributed by atoms with van der Waals surface area (Å²) in [5.74, 6) is -0.153. The second kappa shape index (κ2) is 3.93. The van der Waals surface area contributed by atoms with Gasteiger partial charge in [0, 0.05) is 33.0 Å². The number of ether oxygens (including phenoxy) is 2. The van der Waals surface area contributed by atoms with Gasteiger partial charge in [-0.2, -0.15) is 0 Å². The van der Waals surface area contributed by atoms with E-state index in [0.29, 0.717) is 13.2 Å². The summed E-state index contributed by atoms with van der Waals surface area (Å²) in [6.45, 7) is 3.07. The Labute approximate surface area is 101 Å². The van der Waals surface area contributed by atoms with Crippen molar-refractivity contribution < 1.29 is 14.3 Å². The molecule has 5 nitrogen and oxygen atoms in total. The van der Waals surface area contributed by atoms with Gasteiger partial charge >= 0.3 is 0 Å². The van der Waals surface area contributed by atoms with Crippen molar-refractivity contribution in [2.45, 2.75) is 37.0 Å². The minimum atomic E-state index is -0.386. The normalized spacial score (nSPS) is 31.4. The Bertz CT molecular complexity index is 316. The van der Waals surface area contributed by atoms with Crippen molar-refractivity contribution in [3.05, 3.63) is 0 Å². The van der Waals surface area contributed by atoms with Crippen molar-refractivity contribution in [3.63, 3.8) is 0 Å². The molecular formula is C12H20N2O3. The van der Waals surface area contributed by atoms with Gasteiger partial charge in [-0.25, -0.2) is 0 Å². The molecule has 2 saturated heterocycles. The molecule has 0 unspecified atom stereocenters. The highest BCUT2D eigenvalue weighted by molar-refractivity contribution is 5.87. The Morgan fingerprint density at radius 2 is 1.82 bits per heavy atom. The van der Waals surface area contributed by atoms with E-state index < -0.39 is 0 Å². The quantitative estimate of drug-likeness (QED) is 0.652. The third-order valence-electron chi connectivity index (χ3n) is 4.35. The van der Waals surface area contributed by atoms with Crippen LogP contribution in [0.3, 0.4) is 0 Å². The lowest BCUT2D eigenvalue weighted by Gasteiger charge is -2.47. The molecule has 1 amide bonds. The van der Waals surface area contributed by atoms with Gasteiger partial charge in [0.15, 0.2) is 5.79 Å². The highest BCUT2D eigenvalue weighted by atomic mass is 16.7. The number of piperazine rings is 1. The minimum Gasteiger partial charge on any atom is -0.348 e. The van der Waals surface area contributed by atoms with Gasteiger partial charge in [0.2, 0.25) is 5.91 Å². The average molecular weight is 240 g/mol. The molecule has 3 fully saturated rings. The number of nitrogens with zero attached hydrogens (tertiary/aromatic N) is 1. The van der Waals surface area contributed by atoms with E-state index in [1.807, 2.05) is 11.9 Å². The zero-order chi connectivity index (χ0) is 11.9. The predicted octanol–water partition coefficient (Wildman–Crippen LogP) is 0.104. The molecule has 0 aromatic rings. The minimum absolute atomic E-state index is 0.233. The van der Waals surface area contributed by atoms with Gasteiger partial charge in [0.05, 0.1) is 18.8 Å². The summed E-state index contributed by atoms with van der Waals surface area (Å²) in [4.78, 5) is 14.1. The van der Waals surface area contributed by atoms with Crippen LogP contribution in [0.4, 0.5) is 0 Å². The first-order valence-electron chi connectivity index (χ1n) is 6.44. The van der Waals surface area contributed by atoms with Crippen LogP contribution in [-0.4, -0.2) is 55.5 Å². The van der Waals surface area contributed by atoms with E-state index in [1.54, 1.807) is 0 Å². The zero-order valence-electron chi connectivity index (χ0n) is 10.3. The maximum absolute atomic E-state index is 12.3. The lowest BCUT2D eigenvalue weighted by Crippen LogP contribution is -2.65. The second-order valence-electron chi connectivity index (χ2n) is 5.34. The Morgan fingerprint density at radius 1 is 1.18 bits per heavy atom. The summed E-state index contributed by atoms with van der Waals surface area (Å²) < 4.78 is 11.4. The van der Waals surface area contributed by atoms with Gasteiger partial charge in [0.1, 0.15) is 0 Å². The molecule has 1 N–H and O–H groups in total. The van der Waals surface area contributed by atoms with Crippen LogP contribution in [0.15, 0.2) is 0 Å². The van der Waals surface area contributed by atoms with E-state index in [1.165, 1.54) is 0 Å². The third-order valence-corrected chi connectivity index (χ3v) is 4.35. The fourth-order valence-corrected chi connectivity index (χ4v) is 3.24. The first-order valence-corrected chi connectivity index (χ1v) is 6.44. The molecule has 5 heteroatoms. The lowest BCUT2D eigenvalue weighted by molar-refractivity contribution is -0.190. The molecule has 2 spiro atoms. The monoisotopic (exact) mass is 240 g/mol. The SMILES string of the molecule is CN1CCNC2(CCC3(CC2)OCCO3)C1=O. The Kier molecular flexibility index (Phi) is 2.65. The second-order valence-corrected chi connectivity index (χ2v) is 5.34. The van der Waals surface area contributed by atoms with Crippen molar-refractivity contribution in [3.8, 4) is 0 Å². The smallest absolute Gasteiger partial charge is 0.242 e. The van der Waals surface area contributed by atoms with Crippen LogP contribution in [0.25, 0.3) is 0 Å². The summed E-state index contributed by atoms with van der Waals surface area (Å²) >= 11 is 0. The zero-order valence-corrected chi connectivity index (χ0v) is 10.3. The molecule has 2 aliphatic heterocycles. The topological polar surface area (TPSA) is 50.8 Å². The van der Waals surface area contributed by atoms with Crippen LogP contribution in [-0.2, 0) is 14.3 Å². The number of amides is 1. The Hall–Kier alpha value is -0.650. The maximum atomic E-state index is 12.3. The van der Waals surface area contributed by atoms with Crippen molar-refractivity contribution in [2.24, 2.45) is 0 Å². The van der Waals surface area contributed by atoms with Crippen LogP contribution in [0.2, 0.25) is 0 Å². The van der Waals surface area contributed by atoms with E-state index in [9.17, 15) is 4.79 Å².